The molecule has 2 rings (SSSR count). The number of carbonyl (C=O) groups is 1. The Hall–Kier alpha value is -1.97. The van der Waals surface area contributed by atoms with Crippen LogP contribution in [0.15, 0.2) is 30.5 Å². The first-order chi connectivity index (χ1) is 8.18. The molecule has 4 heteroatoms. The zero-order chi connectivity index (χ0) is 12.8. The summed E-state index contributed by atoms with van der Waals surface area (Å²) in [6.07, 6.45) is 1.85. The predicted octanol–water partition coefficient (Wildman–Crippen LogP) is 3.22. The lowest BCUT2D eigenvalue weighted by molar-refractivity contribution is 0.0691. The molecule has 0 saturated carbocycles. The van der Waals surface area contributed by atoms with Crippen molar-refractivity contribution in [1.82, 2.24) is 9.97 Å². The number of hydrogen-bond acceptors (Lipinski definition) is 1. The van der Waals surface area contributed by atoms with Crippen molar-refractivity contribution in [3.63, 3.8) is 0 Å². The Labute approximate surface area is 101 Å². The van der Waals surface area contributed by atoms with Crippen LogP contribution in [0.1, 0.15) is 48.6 Å². The van der Waals surface area contributed by atoms with Gasteiger partial charge in [0.1, 0.15) is 5.69 Å². The van der Waals surface area contributed by atoms with Gasteiger partial charge in [-0.05, 0) is 24.3 Å². The fourth-order valence-corrected chi connectivity index (χ4v) is 1.57. The first-order valence-electron chi connectivity index (χ1n) is 5.74. The van der Waals surface area contributed by atoms with E-state index in [0.29, 0.717) is 0 Å². The molecule has 1 unspecified atom stereocenters. The van der Waals surface area contributed by atoms with Crippen molar-refractivity contribution >= 4 is 5.97 Å². The molecule has 0 amide bonds. The lowest BCUT2D eigenvalue weighted by Gasteiger charge is -2.06. The fraction of sp³-hybridized carbons (Fsp3) is 0.308. The summed E-state index contributed by atoms with van der Waals surface area (Å²) in [6, 6.07) is 7.28. The van der Waals surface area contributed by atoms with Crippen LogP contribution in [0.2, 0.25) is 0 Å². The average Bonchev–Trinajstić information content (AvgIpc) is 3.02. The topological polar surface area (TPSA) is 68.9 Å². The number of carboxylic acid groups (broad SMARTS) is 1. The maximum atomic E-state index is 10.7. The maximum absolute atomic E-state index is 10.7. The van der Waals surface area contributed by atoms with Crippen molar-refractivity contribution in [2.45, 2.75) is 26.7 Å². The molecule has 0 aliphatic carbocycles. The molecule has 1 atom stereocenters. The number of aromatic carboxylic acids is 1. The monoisotopic (exact) mass is 234 g/mol. The molecule has 0 aliphatic rings. The van der Waals surface area contributed by atoms with Gasteiger partial charge in [-0.2, -0.15) is 0 Å². The second-order valence-corrected chi connectivity index (χ2v) is 3.48. The first-order valence-corrected chi connectivity index (χ1v) is 5.74. The van der Waals surface area contributed by atoms with Crippen molar-refractivity contribution in [2.75, 3.05) is 0 Å². The Balaban J connectivity index is 0.000000686. The average molecular weight is 234 g/mol. The van der Waals surface area contributed by atoms with Crippen LogP contribution >= 0.6 is 0 Å². The van der Waals surface area contributed by atoms with Gasteiger partial charge in [0.2, 0.25) is 0 Å². The van der Waals surface area contributed by atoms with E-state index in [-0.39, 0.29) is 11.6 Å². The fourth-order valence-electron chi connectivity index (χ4n) is 1.57. The predicted molar refractivity (Wildman–Crippen MR) is 67.4 cm³/mol. The van der Waals surface area contributed by atoms with Gasteiger partial charge in [-0.15, -0.1) is 0 Å². The van der Waals surface area contributed by atoms with E-state index in [1.54, 1.807) is 12.1 Å². The molecule has 2 aromatic rings. The third kappa shape index (κ3) is 3.00. The summed E-state index contributed by atoms with van der Waals surface area (Å²) >= 11 is 0. The van der Waals surface area contributed by atoms with Crippen molar-refractivity contribution in [3.8, 4) is 0 Å². The second kappa shape index (κ2) is 5.94. The Morgan fingerprint density at radius 1 is 1.24 bits per heavy atom. The van der Waals surface area contributed by atoms with Gasteiger partial charge in [0.05, 0.1) is 0 Å². The zero-order valence-electron chi connectivity index (χ0n) is 10.3. The van der Waals surface area contributed by atoms with Gasteiger partial charge in [0.25, 0.3) is 0 Å². The van der Waals surface area contributed by atoms with Crippen molar-refractivity contribution in [3.05, 3.63) is 47.5 Å². The molecule has 0 saturated heterocycles. The summed E-state index contributed by atoms with van der Waals surface area (Å²) in [6.45, 7) is 6.02. The highest BCUT2D eigenvalue weighted by atomic mass is 16.4. The molecule has 0 spiro atoms. The molecule has 3 N–H and O–H groups in total. The number of carboxylic acids is 1. The SMILES string of the molecule is CC.CC(c1ccc[nH]1)c1ccc(C(=O)O)[nH]1. The lowest BCUT2D eigenvalue weighted by atomic mass is 10.1. The van der Waals surface area contributed by atoms with Gasteiger partial charge in [-0.1, -0.05) is 20.8 Å². The summed E-state index contributed by atoms with van der Waals surface area (Å²) in [5, 5.41) is 8.77. The minimum atomic E-state index is -0.931. The van der Waals surface area contributed by atoms with Gasteiger partial charge >= 0.3 is 5.97 Å². The summed E-state index contributed by atoms with van der Waals surface area (Å²) in [7, 11) is 0. The maximum Gasteiger partial charge on any atom is 0.352 e. The van der Waals surface area contributed by atoms with Crippen LogP contribution in [0, 0.1) is 0 Å². The normalized spacial score (nSPS) is 11.5. The third-order valence-electron chi connectivity index (χ3n) is 2.49. The van der Waals surface area contributed by atoms with Crippen LogP contribution in [0.4, 0.5) is 0 Å². The van der Waals surface area contributed by atoms with Crippen LogP contribution < -0.4 is 0 Å². The van der Waals surface area contributed by atoms with Crippen molar-refractivity contribution < 1.29 is 9.90 Å². The molecule has 0 radical (unpaired) electrons. The van der Waals surface area contributed by atoms with E-state index >= 15 is 0 Å². The molecular formula is C13H18N2O2. The van der Waals surface area contributed by atoms with E-state index in [1.165, 1.54) is 0 Å². The molecule has 17 heavy (non-hydrogen) atoms. The molecule has 0 aromatic carbocycles. The van der Waals surface area contributed by atoms with E-state index < -0.39 is 5.97 Å². The van der Waals surface area contributed by atoms with Crippen LogP contribution in [0.5, 0.6) is 0 Å². The number of H-pyrrole nitrogens is 2. The van der Waals surface area contributed by atoms with Crippen molar-refractivity contribution in [1.29, 1.82) is 0 Å². The number of hydrogen-bond donors (Lipinski definition) is 3. The molecule has 92 valence electrons. The van der Waals surface area contributed by atoms with E-state index in [2.05, 4.69) is 9.97 Å². The van der Waals surface area contributed by atoms with E-state index in [0.717, 1.165) is 11.4 Å². The van der Waals surface area contributed by atoms with Crippen LogP contribution in [-0.2, 0) is 0 Å². The largest absolute Gasteiger partial charge is 0.477 e. The highest BCUT2D eigenvalue weighted by Crippen LogP contribution is 2.21. The highest BCUT2D eigenvalue weighted by molar-refractivity contribution is 5.85. The van der Waals surface area contributed by atoms with Crippen molar-refractivity contribution in [2.24, 2.45) is 0 Å². The highest BCUT2D eigenvalue weighted by Gasteiger charge is 2.13. The Bertz CT molecular complexity index is 457. The number of aromatic nitrogens is 2. The van der Waals surface area contributed by atoms with Gasteiger partial charge in [-0.3, -0.25) is 0 Å². The third-order valence-corrected chi connectivity index (χ3v) is 2.49. The van der Waals surface area contributed by atoms with E-state index in [4.69, 9.17) is 5.11 Å². The van der Waals surface area contributed by atoms with Crippen LogP contribution in [0.3, 0.4) is 0 Å². The summed E-state index contributed by atoms with van der Waals surface area (Å²) in [5.74, 6) is -0.784. The summed E-state index contributed by atoms with van der Waals surface area (Å²) < 4.78 is 0. The Morgan fingerprint density at radius 2 is 1.94 bits per heavy atom. The number of aromatic amines is 2. The molecule has 0 bridgehead atoms. The Morgan fingerprint density at radius 3 is 2.41 bits per heavy atom. The molecular weight excluding hydrogens is 216 g/mol. The lowest BCUT2D eigenvalue weighted by Crippen LogP contribution is -2.00. The Kier molecular flexibility index (Phi) is 4.57. The minimum Gasteiger partial charge on any atom is -0.477 e. The van der Waals surface area contributed by atoms with E-state index in [9.17, 15) is 4.79 Å². The molecule has 4 nitrogen and oxygen atoms in total. The minimum absolute atomic E-state index is 0.146. The summed E-state index contributed by atoms with van der Waals surface area (Å²) in [5.41, 5.74) is 2.19. The van der Waals surface area contributed by atoms with Gasteiger partial charge in [-0.25, -0.2) is 4.79 Å². The van der Waals surface area contributed by atoms with Gasteiger partial charge in [0, 0.05) is 23.5 Å². The van der Waals surface area contributed by atoms with Crippen LogP contribution in [-0.4, -0.2) is 21.0 Å². The number of nitrogens with one attached hydrogen (secondary N) is 2. The summed E-state index contributed by atoms with van der Waals surface area (Å²) in [4.78, 5) is 16.7. The second-order valence-electron chi connectivity index (χ2n) is 3.48. The zero-order valence-corrected chi connectivity index (χ0v) is 10.3. The molecule has 2 aromatic heterocycles. The number of rotatable bonds is 3. The smallest absolute Gasteiger partial charge is 0.352 e. The van der Waals surface area contributed by atoms with E-state index in [1.807, 2.05) is 39.1 Å². The molecule has 0 aliphatic heterocycles. The van der Waals surface area contributed by atoms with Crippen LogP contribution in [0.25, 0.3) is 0 Å². The van der Waals surface area contributed by atoms with Gasteiger partial charge in [0.15, 0.2) is 0 Å². The molecule has 2 heterocycles. The van der Waals surface area contributed by atoms with Gasteiger partial charge < -0.3 is 15.1 Å². The quantitative estimate of drug-likeness (QED) is 0.763. The molecule has 0 fully saturated rings. The first kappa shape index (κ1) is 13.1. The standard InChI is InChI=1S/C11H12N2O2.C2H6/c1-7(8-3-2-6-12-8)9-4-5-10(13-9)11(14)15;1-2/h2-7,12-13H,1H3,(H,14,15);1-2H3.